The van der Waals surface area contributed by atoms with Crippen molar-refractivity contribution in [3.63, 3.8) is 0 Å². The van der Waals surface area contributed by atoms with Gasteiger partial charge < -0.3 is 14.6 Å². The fourth-order valence-corrected chi connectivity index (χ4v) is 2.76. The first kappa shape index (κ1) is 15.0. The minimum atomic E-state index is 0.469. The first-order valence-corrected chi connectivity index (χ1v) is 7.97. The van der Waals surface area contributed by atoms with Crippen LogP contribution in [0.3, 0.4) is 0 Å². The second-order valence-electron chi connectivity index (χ2n) is 5.71. The van der Waals surface area contributed by atoms with Crippen LogP contribution in [-0.2, 0) is 11.3 Å². The van der Waals surface area contributed by atoms with Gasteiger partial charge in [-0.2, -0.15) is 10.1 Å². The second-order valence-corrected chi connectivity index (χ2v) is 5.71. The molecule has 3 aromatic heterocycles. The van der Waals surface area contributed by atoms with E-state index >= 15 is 0 Å². The number of anilines is 2. The molecule has 0 bridgehead atoms. The normalized spacial score (nSPS) is 15.9. The lowest BCUT2D eigenvalue weighted by molar-refractivity contribution is 0.0360. The first-order valence-electron chi connectivity index (χ1n) is 7.97. The number of hydrogen-bond acceptors (Lipinski definition) is 8. The fraction of sp³-hybridized carbons (Fsp3) is 0.467. The van der Waals surface area contributed by atoms with Crippen LogP contribution in [0, 0.1) is 6.92 Å². The Morgan fingerprint density at radius 2 is 2.08 bits per heavy atom. The molecule has 0 spiro atoms. The van der Waals surface area contributed by atoms with Gasteiger partial charge in [-0.25, -0.2) is 4.98 Å². The molecule has 0 aliphatic carbocycles. The third kappa shape index (κ3) is 3.08. The monoisotopic (exact) mass is 329 g/mol. The summed E-state index contributed by atoms with van der Waals surface area (Å²) in [5.74, 6) is 1.38. The summed E-state index contributed by atoms with van der Waals surface area (Å²) in [6, 6.07) is 1.93. The Balaban J connectivity index is 1.43. The average molecular weight is 329 g/mol. The van der Waals surface area contributed by atoms with Crippen LogP contribution in [0.5, 0.6) is 0 Å². The highest BCUT2D eigenvalue weighted by atomic mass is 16.5. The Hall–Kier alpha value is -2.52. The number of hydrogen-bond donors (Lipinski definition) is 1. The van der Waals surface area contributed by atoms with Gasteiger partial charge in [-0.3, -0.25) is 9.58 Å². The zero-order valence-electron chi connectivity index (χ0n) is 13.5. The topological polar surface area (TPSA) is 94.1 Å². The Labute approximate surface area is 138 Å². The summed E-state index contributed by atoms with van der Waals surface area (Å²) in [5, 5.41) is 12.5. The summed E-state index contributed by atoms with van der Waals surface area (Å²) in [6.07, 6.45) is 3.41. The summed E-state index contributed by atoms with van der Waals surface area (Å²) in [7, 11) is 0. The minimum absolute atomic E-state index is 0.469. The smallest absolute Gasteiger partial charge is 0.263 e. The first-order chi connectivity index (χ1) is 11.8. The molecule has 126 valence electrons. The van der Waals surface area contributed by atoms with Crippen LogP contribution in [0.1, 0.15) is 5.69 Å². The van der Waals surface area contributed by atoms with Crippen molar-refractivity contribution in [3.05, 3.63) is 24.3 Å². The maximum absolute atomic E-state index is 5.36. The molecule has 1 fully saturated rings. The van der Waals surface area contributed by atoms with E-state index in [1.807, 2.05) is 23.9 Å². The Kier molecular flexibility index (Phi) is 4.09. The summed E-state index contributed by atoms with van der Waals surface area (Å²) in [5.41, 5.74) is 1.22. The van der Waals surface area contributed by atoms with Gasteiger partial charge in [-0.1, -0.05) is 5.16 Å². The molecule has 24 heavy (non-hydrogen) atoms. The van der Waals surface area contributed by atoms with Crippen LogP contribution in [0.2, 0.25) is 0 Å². The molecule has 0 amide bonds. The molecule has 0 unspecified atom stereocenters. The van der Waals surface area contributed by atoms with E-state index in [0.717, 1.165) is 56.3 Å². The molecule has 1 N–H and O–H groups in total. The van der Waals surface area contributed by atoms with Crippen LogP contribution in [0.25, 0.3) is 11.1 Å². The quantitative estimate of drug-likeness (QED) is 0.746. The zero-order valence-corrected chi connectivity index (χ0v) is 13.5. The summed E-state index contributed by atoms with van der Waals surface area (Å²) in [4.78, 5) is 10.7. The van der Waals surface area contributed by atoms with Crippen molar-refractivity contribution in [2.45, 2.75) is 13.5 Å². The molecule has 1 aliphatic heterocycles. The van der Waals surface area contributed by atoms with Gasteiger partial charge in [0.25, 0.3) is 5.71 Å². The Morgan fingerprint density at radius 3 is 2.96 bits per heavy atom. The van der Waals surface area contributed by atoms with Crippen molar-refractivity contribution in [1.29, 1.82) is 0 Å². The predicted octanol–water partition coefficient (Wildman–Crippen LogP) is 1.20. The van der Waals surface area contributed by atoms with E-state index in [0.29, 0.717) is 11.5 Å². The molecule has 4 heterocycles. The van der Waals surface area contributed by atoms with Crippen molar-refractivity contribution in [1.82, 2.24) is 29.8 Å². The molecule has 1 saturated heterocycles. The second kappa shape index (κ2) is 6.54. The van der Waals surface area contributed by atoms with Gasteiger partial charge in [0.15, 0.2) is 5.82 Å². The van der Waals surface area contributed by atoms with Gasteiger partial charge in [-0.15, -0.1) is 0 Å². The fourth-order valence-electron chi connectivity index (χ4n) is 2.76. The SMILES string of the molecule is Cc1noc2ncnc(Nc3ccn(CCN4CCOCC4)n3)c12. The van der Waals surface area contributed by atoms with Gasteiger partial charge in [0.2, 0.25) is 0 Å². The van der Waals surface area contributed by atoms with Crippen molar-refractivity contribution < 1.29 is 9.26 Å². The maximum Gasteiger partial charge on any atom is 0.263 e. The van der Waals surface area contributed by atoms with Gasteiger partial charge >= 0.3 is 0 Å². The Bertz CT molecular complexity index is 822. The van der Waals surface area contributed by atoms with Crippen molar-refractivity contribution in [2.24, 2.45) is 0 Å². The number of nitrogens with zero attached hydrogens (tertiary/aromatic N) is 6. The molecule has 4 rings (SSSR count). The standard InChI is InChI=1S/C15H19N7O2/c1-11-13-14(16-10-17-15(13)24-20-11)18-12-2-3-22(19-12)5-4-21-6-8-23-9-7-21/h2-3,10H,4-9H2,1H3,(H,16,17,18,19). The van der Waals surface area contributed by atoms with Crippen molar-refractivity contribution in [2.75, 3.05) is 38.2 Å². The molecule has 1 aliphatic rings. The van der Waals surface area contributed by atoms with Crippen LogP contribution in [-0.4, -0.2) is 62.7 Å². The van der Waals surface area contributed by atoms with Crippen molar-refractivity contribution in [3.8, 4) is 0 Å². The summed E-state index contributed by atoms with van der Waals surface area (Å²) < 4.78 is 12.4. The number of nitrogens with one attached hydrogen (secondary N) is 1. The third-order valence-corrected chi connectivity index (χ3v) is 4.08. The molecular weight excluding hydrogens is 310 g/mol. The number of aromatic nitrogens is 5. The molecule has 9 nitrogen and oxygen atoms in total. The van der Waals surface area contributed by atoms with E-state index in [1.54, 1.807) is 0 Å². The van der Waals surface area contributed by atoms with Crippen LogP contribution in [0.4, 0.5) is 11.6 Å². The van der Waals surface area contributed by atoms with E-state index in [4.69, 9.17) is 9.26 Å². The Morgan fingerprint density at radius 1 is 1.21 bits per heavy atom. The number of morpholine rings is 1. The average Bonchev–Trinajstić information content (AvgIpc) is 3.22. The van der Waals surface area contributed by atoms with Crippen LogP contribution in [0.15, 0.2) is 23.1 Å². The molecule has 9 heteroatoms. The highest BCUT2D eigenvalue weighted by Gasteiger charge is 2.13. The van der Waals surface area contributed by atoms with E-state index in [1.165, 1.54) is 6.33 Å². The summed E-state index contributed by atoms with van der Waals surface area (Å²) >= 11 is 0. The maximum atomic E-state index is 5.36. The number of aryl methyl sites for hydroxylation is 1. The molecule has 0 saturated carbocycles. The van der Waals surface area contributed by atoms with Gasteiger partial charge in [0.05, 0.1) is 25.5 Å². The van der Waals surface area contributed by atoms with Gasteiger partial charge in [0, 0.05) is 31.9 Å². The van der Waals surface area contributed by atoms with E-state index in [2.05, 4.69) is 30.4 Å². The lowest BCUT2D eigenvalue weighted by Gasteiger charge is -2.26. The molecule has 0 radical (unpaired) electrons. The number of fused-ring (bicyclic) bond motifs is 1. The highest BCUT2D eigenvalue weighted by Crippen LogP contribution is 2.24. The van der Waals surface area contributed by atoms with E-state index < -0.39 is 0 Å². The lowest BCUT2D eigenvalue weighted by atomic mass is 10.3. The van der Waals surface area contributed by atoms with E-state index in [9.17, 15) is 0 Å². The van der Waals surface area contributed by atoms with Gasteiger partial charge in [-0.05, 0) is 6.92 Å². The lowest BCUT2D eigenvalue weighted by Crippen LogP contribution is -2.38. The third-order valence-electron chi connectivity index (χ3n) is 4.08. The van der Waals surface area contributed by atoms with Crippen LogP contribution >= 0.6 is 0 Å². The predicted molar refractivity (Wildman–Crippen MR) is 87.1 cm³/mol. The van der Waals surface area contributed by atoms with Crippen LogP contribution < -0.4 is 5.32 Å². The van der Waals surface area contributed by atoms with E-state index in [-0.39, 0.29) is 0 Å². The molecule has 0 atom stereocenters. The molecule has 3 aromatic rings. The molecule has 0 aromatic carbocycles. The summed E-state index contributed by atoms with van der Waals surface area (Å²) in [6.45, 7) is 7.26. The number of ether oxygens (including phenoxy) is 1. The van der Waals surface area contributed by atoms with Gasteiger partial charge in [0.1, 0.15) is 17.5 Å². The largest absolute Gasteiger partial charge is 0.379 e. The highest BCUT2D eigenvalue weighted by molar-refractivity contribution is 5.88. The minimum Gasteiger partial charge on any atom is -0.379 e. The zero-order chi connectivity index (χ0) is 16.4. The number of rotatable bonds is 5. The van der Waals surface area contributed by atoms with Crippen molar-refractivity contribution >= 4 is 22.7 Å². The molecular formula is C15H19N7O2.